The van der Waals surface area contributed by atoms with Gasteiger partial charge in [0.05, 0.1) is 4.92 Å². The normalized spacial score (nSPS) is 10.3. The van der Waals surface area contributed by atoms with Crippen molar-refractivity contribution in [2.45, 2.75) is 10.6 Å². The van der Waals surface area contributed by atoms with Gasteiger partial charge in [0.15, 0.2) is 0 Å². The first-order valence-electron chi connectivity index (χ1n) is 5.93. The molecular weight excluding hydrogens is 340 g/mol. The van der Waals surface area contributed by atoms with Gasteiger partial charge in [-0.25, -0.2) is 0 Å². The predicted octanol–water partition coefficient (Wildman–Crippen LogP) is 4.69. The van der Waals surface area contributed by atoms with Crippen molar-refractivity contribution in [2.75, 3.05) is 12.4 Å². The highest BCUT2D eigenvalue weighted by Crippen LogP contribution is 2.29. The van der Waals surface area contributed by atoms with Crippen molar-refractivity contribution >= 4 is 39.1 Å². The number of hydrogen-bond acceptors (Lipinski definition) is 4. The molecule has 0 bridgehead atoms. The van der Waals surface area contributed by atoms with Crippen LogP contribution in [0.1, 0.15) is 5.56 Å². The van der Waals surface area contributed by atoms with Crippen molar-refractivity contribution in [3.8, 4) is 0 Å². The van der Waals surface area contributed by atoms with Crippen LogP contribution in [0.3, 0.4) is 0 Å². The van der Waals surface area contributed by atoms with Crippen LogP contribution in [0.4, 0.5) is 11.4 Å². The number of nitrogens with zero attached hydrogens (tertiary/aromatic N) is 1. The summed E-state index contributed by atoms with van der Waals surface area (Å²) in [6, 6.07) is 12.9. The zero-order valence-electron chi connectivity index (χ0n) is 10.8. The molecule has 0 fully saturated rings. The van der Waals surface area contributed by atoms with Gasteiger partial charge in [0.1, 0.15) is 0 Å². The van der Waals surface area contributed by atoms with Crippen LogP contribution in [0.25, 0.3) is 0 Å². The Morgan fingerprint density at radius 1 is 1.25 bits per heavy atom. The maximum Gasteiger partial charge on any atom is 0.269 e. The molecule has 0 aromatic heterocycles. The smallest absolute Gasteiger partial charge is 0.269 e. The van der Waals surface area contributed by atoms with Gasteiger partial charge in [-0.15, -0.1) is 11.8 Å². The number of nitro groups is 1. The molecule has 0 spiro atoms. The van der Waals surface area contributed by atoms with Crippen molar-refractivity contribution in [3.05, 3.63) is 62.6 Å². The van der Waals surface area contributed by atoms with E-state index in [2.05, 4.69) is 21.2 Å². The van der Waals surface area contributed by atoms with E-state index in [9.17, 15) is 10.1 Å². The summed E-state index contributed by atoms with van der Waals surface area (Å²) in [5.41, 5.74) is 1.96. The number of rotatable bonds is 5. The van der Waals surface area contributed by atoms with Crippen LogP contribution in [0, 0.1) is 10.1 Å². The minimum absolute atomic E-state index is 0.121. The van der Waals surface area contributed by atoms with Gasteiger partial charge in [0.25, 0.3) is 5.69 Å². The molecule has 6 heteroatoms. The van der Waals surface area contributed by atoms with Crippen LogP contribution in [0.5, 0.6) is 0 Å². The van der Waals surface area contributed by atoms with E-state index in [-0.39, 0.29) is 10.6 Å². The zero-order valence-corrected chi connectivity index (χ0v) is 13.2. The number of benzene rings is 2. The summed E-state index contributed by atoms with van der Waals surface area (Å²) < 4.78 is 1.04. The van der Waals surface area contributed by atoms with E-state index in [1.54, 1.807) is 23.9 Å². The highest BCUT2D eigenvalue weighted by atomic mass is 79.9. The predicted molar refractivity (Wildman–Crippen MR) is 86.3 cm³/mol. The summed E-state index contributed by atoms with van der Waals surface area (Å²) in [5.74, 6) is 0.680. The summed E-state index contributed by atoms with van der Waals surface area (Å²) in [7, 11) is 1.81. The summed E-state index contributed by atoms with van der Waals surface area (Å²) in [5, 5.41) is 13.9. The molecule has 1 N–H and O–H groups in total. The molecule has 4 nitrogen and oxygen atoms in total. The largest absolute Gasteiger partial charge is 0.388 e. The van der Waals surface area contributed by atoms with E-state index in [4.69, 9.17) is 0 Å². The van der Waals surface area contributed by atoms with Crippen LogP contribution < -0.4 is 5.32 Å². The maximum atomic E-state index is 10.8. The van der Waals surface area contributed by atoms with Gasteiger partial charge in [0.2, 0.25) is 0 Å². The molecule has 2 rings (SSSR count). The minimum atomic E-state index is -0.368. The molecule has 0 aliphatic carbocycles. The van der Waals surface area contributed by atoms with Crippen molar-refractivity contribution in [3.63, 3.8) is 0 Å². The zero-order chi connectivity index (χ0) is 14.5. The van der Waals surface area contributed by atoms with Gasteiger partial charge in [-0.1, -0.05) is 15.9 Å². The molecule has 20 heavy (non-hydrogen) atoms. The monoisotopic (exact) mass is 352 g/mol. The first-order chi connectivity index (χ1) is 9.60. The van der Waals surface area contributed by atoms with Crippen LogP contribution >= 0.6 is 27.7 Å². The number of nitrogens with one attached hydrogen (secondary N) is 1. The summed E-state index contributed by atoms with van der Waals surface area (Å²) >= 11 is 5.04. The topological polar surface area (TPSA) is 55.2 Å². The molecule has 0 unspecified atom stereocenters. The van der Waals surface area contributed by atoms with Crippen LogP contribution in [0.15, 0.2) is 51.8 Å². The first kappa shape index (κ1) is 14.9. The number of anilines is 1. The Hall–Kier alpha value is -1.53. The third kappa shape index (κ3) is 3.74. The number of thioether (sulfide) groups is 1. The molecule has 0 aliphatic heterocycles. The lowest BCUT2D eigenvalue weighted by Crippen LogP contribution is -1.96. The van der Waals surface area contributed by atoms with Crippen molar-refractivity contribution in [2.24, 2.45) is 0 Å². The lowest BCUT2D eigenvalue weighted by molar-refractivity contribution is -0.384. The van der Waals surface area contributed by atoms with Gasteiger partial charge in [-0.2, -0.15) is 0 Å². The Kier molecular flexibility index (Phi) is 5.03. The first-order valence-corrected chi connectivity index (χ1v) is 7.71. The highest BCUT2D eigenvalue weighted by Gasteiger charge is 2.10. The van der Waals surface area contributed by atoms with Crippen molar-refractivity contribution in [1.29, 1.82) is 0 Å². The third-order valence-corrected chi connectivity index (χ3v) is 4.37. The lowest BCUT2D eigenvalue weighted by atomic mass is 10.2. The molecule has 2 aromatic rings. The molecule has 0 saturated carbocycles. The summed E-state index contributed by atoms with van der Waals surface area (Å²) in [6.45, 7) is 0. The van der Waals surface area contributed by atoms with E-state index >= 15 is 0 Å². The van der Waals surface area contributed by atoms with E-state index in [1.165, 1.54) is 6.07 Å². The standard InChI is InChI=1S/C14H13BrN2O2S/c1-16-14-7-4-12(17(18)19)8-10(14)9-20-13-5-2-11(15)3-6-13/h2-8,16H,9H2,1H3. The number of nitro benzene ring substituents is 1. The minimum Gasteiger partial charge on any atom is -0.388 e. The second-order valence-electron chi connectivity index (χ2n) is 4.09. The molecule has 0 radical (unpaired) electrons. The molecule has 0 amide bonds. The van der Waals surface area contributed by atoms with Gasteiger partial charge in [-0.05, 0) is 35.9 Å². The Labute approximate surface area is 129 Å². The number of hydrogen-bond donors (Lipinski definition) is 1. The Morgan fingerprint density at radius 3 is 2.55 bits per heavy atom. The second kappa shape index (κ2) is 6.76. The average molecular weight is 353 g/mol. The summed E-state index contributed by atoms with van der Waals surface area (Å²) in [4.78, 5) is 11.6. The molecule has 0 heterocycles. The molecule has 2 aromatic carbocycles. The van der Waals surface area contributed by atoms with Crippen molar-refractivity contribution < 1.29 is 4.92 Å². The van der Waals surface area contributed by atoms with E-state index in [1.807, 2.05) is 31.3 Å². The summed E-state index contributed by atoms with van der Waals surface area (Å²) in [6.07, 6.45) is 0. The fourth-order valence-electron chi connectivity index (χ4n) is 1.75. The van der Waals surface area contributed by atoms with Crippen LogP contribution in [-0.2, 0) is 5.75 Å². The van der Waals surface area contributed by atoms with Gasteiger partial charge in [-0.3, -0.25) is 10.1 Å². The second-order valence-corrected chi connectivity index (χ2v) is 6.06. The van der Waals surface area contributed by atoms with Crippen LogP contribution in [-0.4, -0.2) is 12.0 Å². The lowest BCUT2D eigenvalue weighted by Gasteiger charge is -2.09. The van der Waals surface area contributed by atoms with Gasteiger partial charge < -0.3 is 5.32 Å². The average Bonchev–Trinajstić information content (AvgIpc) is 2.46. The van der Waals surface area contributed by atoms with E-state index < -0.39 is 0 Å². The Balaban J connectivity index is 2.16. The SMILES string of the molecule is CNc1ccc([N+](=O)[O-])cc1CSc1ccc(Br)cc1. The molecule has 0 atom stereocenters. The fraction of sp³-hybridized carbons (Fsp3) is 0.143. The van der Waals surface area contributed by atoms with Gasteiger partial charge in [0, 0.05) is 40.0 Å². The maximum absolute atomic E-state index is 10.8. The number of halogens is 1. The Morgan fingerprint density at radius 2 is 1.95 bits per heavy atom. The molecule has 0 aliphatic rings. The Bertz CT molecular complexity index is 617. The van der Waals surface area contributed by atoms with E-state index in [0.717, 1.165) is 20.6 Å². The highest BCUT2D eigenvalue weighted by molar-refractivity contribution is 9.10. The quantitative estimate of drug-likeness (QED) is 0.481. The van der Waals surface area contributed by atoms with Crippen molar-refractivity contribution in [1.82, 2.24) is 0 Å². The molecule has 0 saturated heterocycles. The van der Waals surface area contributed by atoms with Gasteiger partial charge >= 0.3 is 0 Å². The molecular formula is C14H13BrN2O2S. The fourth-order valence-corrected chi connectivity index (χ4v) is 2.90. The molecule has 104 valence electrons. The third-order valence-electron chi connectivity index (χ3n) is 2.78. The number of non-ortho nitro benzene ring substituents is 1. The van der Waals surface area contributed by atoms with Crippen LogP contribution in [0.2, 0.25) is 0 Å². The van der Waals surface area contributed by atoms with E-state index in [0.29, 0.717) is 5.75 Å².